The first kappa shape index (κ1) is 19.9. The Morgan fingerprint density at radius 1 is 0.929 bits per heavy atom. The van der Waals surface area contributed by atoms with Gasteiger partial charge in [-0.05, 0) is 69.2 Å². The van der Waals surface area contributed by atoms with Crippen molar-refractivity contribution in [3.63, 3.8) is 0 Å². The average Bonchev–Trinajstić information content (AvgIpc) is 2.70. The van der Waals surface area contributed by atoms with Crippen LogP contribution < -0.4 is 15.4 Å². The summed E-state index contributed by atoms with van der Waals surface area (Å²) in [6.45, 7) is 3.93. The van der Waals surface area contributed by atoms with Crippen molar-refractivity contribution in [2.24, 2.45) is 0 Å². The number of carbonyl (C=O) groups is 2. The van der Waals surface area contributed by atoms with Gasteiger partial charge in [0.15, 0.2) is 0 Å². The summed E-state index contributed by atoms with van der Waals surface area (Å²) < 4.78 is 5.61. The first-order valence-corrected chi connectivity index (χ1v) is 10.0. The number of ether oxygens (including phenoxy) is 1. The van der Waals surface area contributed by atoms with E-state index in [1.54, 1.807) is 36.4 Å². The van der Waals surface area contributed by atoms with Crippen LogP contribution in [0.4, 0.5) is 5.69 Å². The Morgan fingerprint density at radius 3 is 2.21 bits per heavy atom. The van der Waals surface area contributed by atoms with Gasteiger partial charge >= 0.3 is 0 Å². The maximum Gasteiger partial charge on any atom is 0.255 e. The van der Waals surface area contributed by atoms with E-state index in [-0.39, 0.29) is 24.0 Å². The van der Waals surface area contributed by atoms with Crippen LogP contribution in [0.3, 0.4) is 0 Å². The second kappa shape index (κ2) is 9.40. The molecule has 0 atom stereocenters. The Morgan fingerprint density at radius 2 is 1.57 bits per heavy atom. The van der Waals surface area contributed by atoms with Crippen LogP contribution in [0.2, 0.25) is 0 Å². The Hall–Kier alpha value is -2.82. The number of carbonyl (C=O) groups excluding carboxylic acids is 2. The van der Waals surface area contributed by atoms with Crippen molar-refractivity contribution in [1.29, 1.82) is 0 Å². The van der Waals surface area contributed by atoms with Crippen molar-refractivity contribution in [2.45, 2.75) is 58.1 Å². The van der Waals surface area contributed by atoms with Crippen LogP contribution in [0.25, 0.3) is 0 Å². The molecule has 5 heteroatoms. The van der Waals surface area contributed by atoms with Crippen LogP contribution in [-0.4, -0.2) is 24.0 Å². The van der Waals surface area contributed by atoms with Crippen LogP contribution in [0.5, 0.6) is 5.75 Å². The molecular formula is C23H28N2O3. The highest BCUT2D eigenvalue weighted by Crippen LogP contribution is 2.19. The summed E-state index contributed by atoms with van der Waals surface area (Å²) in [7, 11) is 0. The SMILES string of the molecule is CC(C)Oc1ccc(NC(=O)c2cccc(C(=O)NC3CCCCC3)c2)cc1. The van der Waals surface area contributed by atoms with Gasteiger partial charge in [-0.15, -0.1) is 0 Å². The molecule has 1 aliphatic rings. The highest BCUT2D eigenvalue weighted by molar-refractivity contribution is 6.06. The van der Waals surface area contributed by atoms with Gasteiger partial charge in [0.1, 0.15) is 5.75 Å². The van der Waals surface area contributed by atoms with Crippen molar-refractivity contribution >= 4 is 17.5 Å². The van der Waals surface area contributed by atoms with E-state index >= 15 is 0 Å². The number of hydrogen-bond acceptors (Lipinski definition) is 3. The van der Waals surface area contributed by atoms with E-state index in [2.05, 4.69) is 10.6 Å². The molecule has 0 aliphatic heterocycles. The molecule has 2 aromatic rings. The first-order chi connectivity index (χ1) is 13.5. The van der Waals surface area contributed by atoms with Crippen molar-refractivity contribution in [2.75, 3.05) is 5.32 Å². The number of hydrogen-bond donors (Lipinski definition) is 2. The number of benzene rings is 2. The van der Waals surface area contributed by atoms with Crippen LogP contribution in [0, 0.1) is 0 Å². The monoisotopic (exact) mass is 380 g/mol. The fourth-order valence-corrected chi connectivity index (χ4v) is 3.41. The first-order valence-electron chi connectivity index (χ1n) is 10.0. The van der Waals surface area contributed by atoms with Crippen LogP contribution in [-0.2, 0) is 0 Å². The maximum atomic E-state index is 12.6. The summed E-state index contributed by atoms with van der Waals surface area (Å²) >= 11 is 0. The molecule has 0 radical (unpaired) electrons. The summed E-state index contributed by atoms with van der Waals surface area (Å²) in [6.07, 6.45) is 5.73. The van der Waals surface area contributed by atoms with E-state index in [0.717, 1.165) is 31.4 Å². The van der Waals surface area contributed by atoms with E-state index in [4.69, 9.17) is 4.74 Å². The second-order valence-electron chi connectivity index (χ2n) is 7.53. The molecule has 0 heterocycles. The molecule has 2 amide bonds. The van der Waals surface area contributed by atoms with Crippen molar-refractivity contribution in [1.82, 2.24) is 5.32 Å². The van der Waals surface area contributed by atoms with E-state index < -0.39 is 0 Å². The standard InChI is InChI=1S/C23H28N2O3/c1-16(2)28-21-13-11-20(12-14-21)25-23(27)18-8-6-7-17(15-18)22(26)24-19-9-4-3-5-10-19/h6-8,11-16,19H,3-5,9-10H2,1-2H3,(H,24,26)(H,25,27). The predicted molar refractivity (Wildman–Crippen MR) is 111 cm³/mol. The van der Waals surface area contributed by atoms with Crippen LogP contribution >= 0.6 is 0 Å². The zero-order valence-electron chi connectivity index (χ0n) is 16.5. The lowest BCUT2D eigenvalue weighted by Crippen LogP contribution is -2.36. The smallest absolute Gasteiger partial charge is 0.255 e. The molecule has 0 bridgehead atoms. The van der Waals surface area contributed by atoms with E-state index in [0.29, 0.717) is 16.8 Å². The van der Waals surface area contributed by atoms with Gasteiger partial charge in [0.05, 0.1) is 6.10 Å². The molecular weight excluding hydrogens is 352 g/mol. The van der Waals surface area contributed by atoms with E-state index in [9.17, 15) is 9.59 Å². The molecule has 0 saturated heterocycles. The van der Waals surface area contributed by atoms with Gasteiger partial charge in [0.25, 0.3) is 11.8 Å². The third-order valence-corrected chi connectivity index (χ3v) is 4.81. The summed E-state index contributed by atoms with van der Waals surface area (Å²) in [5.41, 5.74) is 1.65. The number of rotatable bonds is 6. The third-order valence-electron chi connectivity index (χ3n) is 4.81. The molecule has 28 heavy (non-hydrogen) atoms. The minimum atomic E-state index is -0.246. The number of anilines is 1. The second-order valence-corrected chi connectivity index (χ2v) is 7.53. The van der Waals surface area contributed by atoms with Gasteiger partial charge in [-0.3, -0.25) is 9.59 Å². The van der Waals surface area contributed by atoms with Gasteiger partial charge < -0.3 is 15.4 Å². The van der Waals surface area contributed by atoms with Gasteiger partial charge in [-0.2, -0.15) is 0 Å². The summed E-state index contributed by atoms with van der Waals surface area (Å²) in [6, 6.07) is 14.3. The van der Waals surface area contributed by atoms with Crippen molar-refractivity contribution in [3.05, 3.63) is 59.7 Å². The molecule has 0 aromatic heterocycles. The van der Waals surface area contributed by atoms with Crippen LogP contribution in [0.15, 0.2) is 48.5 Å². The average molecular weight is 380 g/mol. The minimum Gasteiger partial charge on any atom is -0.491 e. The molecule has 148 valence electrons. The molecule has 0 spiro atoms. The van der Waals surface area contributed by atoms with Crippen molar-refractivity contribution < 1.29 is 14.3 Å². The Balaban J connectivity index is 1.62. The van der Waals surface area contributed by atoms with Crippen LogP contribution in [0.1, 0.15) is 66.7 Å². The molecule has 2 aromatic carbocycles. The van der Waals surface area contributed by atoms with Gasteiger partial charge in [-0.25, -0.2) is 0 Å². The molecule has 5 nitrogen and oxygen atoms in total. The maximum absolute atomic E-state index is 12.6. The minimum absolute atomic E-state index is 0.0999. The number of nitrogens with one attached hydrogen (secondary N) is 2. The Kier molecular flexibility index (Phi) is 6.69. The van der Waals surface area contributed by atoms with Gasteiger partial charge in [0.2, 0.25) is 0 Å². The van der Waals surface area contributed by atoms with Gasteiger partial charge in [-0.1, -0.05) is 25.3 Å². The quantitative estimate of drug-likeness (QED) is 0.757. The lowest BCUT2D eigenvalue weighted by atomic mass is 9.95. The Bertz CT molecular complexity index is 809. The van der Waals surface area contributed by atoms with Crippen molar-refractivity contribution in [3.8, 4) is 5.75 Å². The Labute approximate surface area is 166 Å². The molecule has 0 unspecified atom stereocenters. The zero-order valence-corrected chi connectivity index (χ0v) is 16.5. The molecule has 2 N–H and O–H groups in total. The van der Waals surface area contributed by atoms with Gasteiger partial charge in [0, 0.05) is 22.9 Å². The highest BCUT2D eigenvalue weighted by atomic mass is 16.5. The predicted octanol–water partition coefficient (Wildman–Crippen LogP) is 4.79. The lowest BCUT2D eigenvalue weighted by molar-refractivity contribution is 0.0927. The van der Waals surface area contributed by atoms with E-state index in [1.807, 2.05) is 26.0 Å². The molecule has 1 aliphatic carbocycles. The topological polar surface area (TPSA) is 67.4 Å². The fraction of sp³-hybridized carbons (Fsp3) is 0.391. The third kappa shape index (κ3) is 5.59. The molecule has 1 saturated carbocycles. The fourth-order valence-electron chi connectivity index (χ4n) is 3.41. The lowest BCUT2D eigenvalue weighted by Gasteiger charge is -2.22. The molecule has 3 rings (SSSR count). The molecule has 1 fully saturated rings. The largest absolute Gasteiger partial charge is 0.491 e. The summed E-state index contributed by atoms with van der Waals surface area (Å²) in [5.74, 6) is 0.399. The number of amides is 2. The highest BCUT2D eigenvalue weighted by Gasteiger charge is 2.17. The normalized spacial score (nSPS) is 14.5. The summed E-state index contributed by atoms with van der Waals surface area (Å²) in [4.78, 5) is 25.1. The summed E-state index contributed by atoms with van der Waals surface area (Å²) in [5, 5.41) is 5.95. The zero-order chi connectivity index (χ0) is 19.9. The van der Waals surface area contributed by atoms with E-state index in [1.165, 1.54) is 6.42 Å².